The summed E-state index contributed by atoms with van der Waals surface area (Å²) in [5, 5.41) is 5.45. The van der Waals surface area contributed by atoms with Gasteiger partial charge in [0, 0.05) is 17.8 Å². The fourth-order valence-corrected chi connectivity index (χ4v) is 2.17. The first kappa shape index (κ1) is 17.5. The van der Waals surface area contributed by atoms with Crippen molar-refractivity contribution >= 4 is 17.5 Å². The molecule has 0 aliphatic heterocycles. The summed E-state index contributed by atoms with van der Waals surface area (Å²) >= 11 is 0. The molecule has 0 fully saturated rings. The van der Waals surface area contributed by atoms with Crippen molar-refractivity contribution in [3.63, 3.8) is 0 Å². The molecule has 0 radical (unpaired) electrons. The molecule has 2 N–H and O–H groups in total. The third kappa shape index (κ3) is 5.12. The molecule has 0 aliphatic carbocycles. The molecule has 0 saturated carbocycles. The molecular formula is C19H22N2O3. The van der Waals surface area contributed by atoms with Crippen LogP contribution in [0.4, 0.5) is 5.69 Å². The number of carbonyl (C=O) groups excluding carboxylic acids is 2. The van der Waals surface area contributed by atoms with E-state index < -0.39 is 0 Å². The number of hydrogen-bond acceptors (Lipinski definition) is 3. The number of anilines is 1. The van der Waals surface area contributed by atoms with Crippen molar-refractivity contribution in [3.05, 3.63) is 59.7 Å². The van der Waals surface area contributed by atoms with Gasteiger partial charge in [-0.3, -0.25) is 9.59 Å². The van der Waals surface area contributed by atoms with Gasteiger partial charge >= 0.3 is 0 Å². The Hall–Kier alpha value is -2.82. The summed E-state index contributed by atoms with van der Waals surface area (Å²) in [4.78, 5) is 23.8. The zero-order chi connectivity index (χ0) is 17.4. The Kier molecular flexibility index (Phi) is 6.37. The fraction of sp³-hybridized carbons (Fsp3) is 0.263. The van der Waals surface area contributed by atoms with Gasteiger partial charge in [0.2, 0.25) is 0 Å². The summed E-state index contributed by atoms with van der Waals surface area (Å²) in [5.74, 6) is 0.210. The Labute approximate surface area is 142 Å². The monoisotopic (exact) mass is 326 g/mol. The second-order valence-electron chi connectivity index (χ2n) is 5.27. The van der Waals surface area contributed by atoms with E-state index in [-0.39, 0.29) is 18.4 Å². The van der Waals surface area contributed by atoms with Crippen molar-refractivity contribution in [1.82, 2.24) is 5.32 Å². The molecule has 0 atom stereocenters. The molecule has 2 amide bonds. The Morgan fingerprint density at radius 1 is 1.04 bits per heavy atom. The van der Waals surface area contributed by atoms with Crippen molar-refractivity contribution in [3.8, 4) is 5.75 Å². The Balaban J connectivity index is 1.89. The van der Waals surface area contributed by atoms with Crippen LogP contribution in [-0.4, -0.2) is 25.0 Å². The quantitative estimate of drug-likeness (QED) is 0.822. The lowest BCUT2D eigenvalue weighted by molar-refractivity contribution is -0.118. The van der Waals surface area contributed by atoms with E-state index in [9.17, 15) is 9.59 Å². The molecule has 24 heavy (non-hydrogen) atoms. The number of carbonyl (C=O) groups is 2. The normalized spacial score (nSPS) is 10.1. The Bertz CT molecular complexity index is 696. The van der Waals surface area contributed by atoms with Crippen LogP contribution in [0.1, 0.15) is 29.8 Å². The molecule has 0 aromatic heterocycles. The van der Waals surface area contributed by atoms with E-state index in [0.717, 1.165) is 6.42 Å². The minimum absolute atomic E-state index is 0.0865. The number of aryl methyl sites for hydroxylation is 1. The molecule has 2 aromatic carbocycles. The van der Waals surface area contributed by atoms with Crippen molar-refractivity contribution in [2.45, 2.75) is 20.3 Å². The maximum absolute atomic E-state index is 12.0. The van der Waals surface area contributed by atoms with Crippen LogP contribution in [0.5, 0.6) is 5.75 Å². The van der Waals surface area contributed by atoms with Gasteiger partial charge in [-0.25, -0.2) is 0 Å². The van der Waals surface area contributed by atoms with Crippen LogP contribution < -0.4 is 15.4 Å². The van der Waals surface area contributed by atoms with E-state index in [2.05, 4.69) is 17.6 Å². The van der Waals surface area contributed by atoms with Crippen molar-refractivity contribution in [2.24, 2.45) is 0 Å². The number of hydrogen-bond donors (Lipinski definition) is 2. The first-order valence-corrected chi connectivity index (χ1v) is 8.02. The summed E-state index contributed by atoms with van der Waals surface area (Å²) in [6.45, 7) is 4.41. The maximum Gasteiger partial charge on any atom is 0.262 e. The summed E-state index contributed by atoms with van der Waals surface area (Å²) in [6.07, 6.45) is 0.961. The molecule has 0 saturated heterocycles. The van der Waals surface area contributed by atoms with Crippen LogP contribution in [0.15, 0.2) is 48.5 Å². The van der Waals surface area contributed by atoms with Gasteiger partial charge in [-0.2, -0.15) is 0 Å². The largest absolute Gasteiger partial charge is 0.484 e. The molecule has 5 nitrogen and oxygen atoms in total. The molecule has 5 heteroatoms. The Morgan fingerprint density at radius 2 is 1.79 bits per heavy atom. The number of ether oxygens (including phenoxy) is 1. The van der Waals surface area contributed by atoms with Gasteiger partial charge in [-0.15, -0.1) is 0 Å². The van der Waals surface area contributed by atoms with Gasteiger partial charge < -0.3 is 15.4 Å². The maximum atomic E-state index is 12.0. The van der Waals surface area contributed by atoms with Crippen molar-refractivity contribution in [1.29, 1.82) is 0 Å². The zero-order valence-electron chi connectivity index (χ0n) is 14.0. The average Bonchev–Trinajstić information content (AvgIpc) is 2.61. The van der Waals surface area contributed by atoms with Crippen LogP contribution in [0.2, 0.25) is 0 Å². The van der Waals surface area contributed by atoms with E-state index in [1.54, 1.807) is 24.3 Å². The molecule has 2 aromatic rings. The molecule has 0 bridgehead atoms. The van der Waals surface area contributed by atoms with Gasteiger partial charge in [0.05, 0.1) is 0 Å². The molecule has 0 spiro atoms. The third-order valence-electron chi connectivity index (χ3n) is 3.45. The van der Waals surface area contributed by atoms with E-state index in [4.69, 9.17) is 4.74 Å². The number of benzene rings is 2. The van der Waals surface area contributed by atoms with E-state index >= 15 is 0 Å². The highest BCUT2D eigenvalue weighted by Crippen LogP contribution is 2.13. The molecule has 0 aliphatic rings. The van der Waals surface area contributed by atoms with Crippen molar-refractivity contribution in [2.75, 3.05) is 18.5 Å². The summed E-state index contributed by atoms with van der Waals surface area (Å²) in [6, 6.07) is 14.4. The van der Waals surface area contributed by atoms with Gasteiger partial charge in [-0.05, 0) is 49.2 Å². The number of nitrogens with one attached hydrogen (secondary N) is 2. The first-order chi connectivity index (χ1) is 11.6. The zero-order valence-corrected chi connectivity index (χ0v) is 14.0. The van der Waals surface area contributed by atoms with E-state index in [1.807, 2.05) is 31.2 Å². The molecule has 0 unspecified atom stereocenters. The van der Waals surface area contributed by atoms with Crippen LogP contribution in [0, 0.1) is 0 Å². The minimum Gasteiger partial charge on any atom is -0.484 e. The van der Waals surface area contributed by atoms with Crippen molar-refractivity contribution < 1.29 is 14.3 Å². The summed E-state index contributed by atoms with van der Waals surface area (Å²) < 4.78 is 5.46. The highest BCUT2D eigenvalue weighted by atomic mass is 16.5. The van der Waals surface area contributed by atoms with Gasteiger partial charge in [0.25, 0.3) is 11.8 Å². The average molecular weight is 326 g/mol. The minimum atomic E-state index is -0.275. The highest BCUT2D eigenvalue weighted by molar-refractivity contribution is 5.97. The molecule has 2 rings (SSSR count). The smallest absolute Gasteiger partial charge is 0.262 e. The fourth-order valence-electron chi connectivity index (χ4n) is 2.17. The van der Waals surface area contributed by atoms with Crippen LogP contribution >= 0.6 is 0 Å². The second kappa shape index (κ2) is 8.72. The number of rotatable bonds is 7. The van der Waals surface area contributed by atoms with Gasteiger partial charge in [0.15, 0.2) is 6.61 Å². The second-order valence-corrected chi connectivity index (χ2v) is 5.27. The Morgan fingerprint density at radius 3 is 2.46 bits per heavy atom. The summed E-state index contributed by atoms with van der Waals surface area (Å²) in [5.41, 5.74) is 2.29. The SMILES string of the molecule is CCNC(=O)c1cccc(NC(=O)COc2ccc(CC)cc2)c1. The predicted molar refractivity (Wildman–Crippen MR) is 94.4 cm³/mol. The van der Waals surface area contributed by atoms with Crippen LogP contribution in [0.3, 0.4) is 0 Å². The molecule has 0 heterocycles. The highest BCUT2D eigenvalue weighted by Gasteiger charge is 2.07. The van der Waals surface area contributed by atoms with Gasteiger partial charge in [0.1, 0.15) is 5.75 Å². The standard InChI is InChI=1S/C19H22N2O3/c1-3-14-8-10-17(11-9-14)24-13-18(22)21-16-7-5-6-15(12-16)19(23)20-4-2/h5-12H,3-4,13H2,1-2H3,(H,20,23)(H,21,22). The summed E-state index contributed by atoms with van der Waals surface area (Å²) in [7, 11) is 0. The topological polar surface area (TPSA) is 67.4 Å². The number of amides is 2. The van der Waals surface area contributed by atoms with Gasteiger partial charge in [-0.1, -0.05) is 25.1 Å². The van der Waals surface area contributed by atoms with E-state index in [0.29, 0.717) is 23.5 Å². The lowest BCUT2D eigenvalue weighted by atomic mass is 10.2. The van der Waals surface area contributed by atoms with E-state index in [1.165, 1.54) is 5.56 Å². The predicted octanol–water partition coefficient (Wildman–Crippen LogP) is 3.02. The molecular weight excluding hydrogens is 304 g/mol. The lowest BCUT2D eigenvalue weighted by Crippen LogP contribution is -2.23. The van der Waals surface area contributed by atoms with Crippen LogP contribution in [-0.2, 0) is 11.2 Å². The lowest BCUT2D eigenvalue weighted by Gasteiger charge is -2.09. The first-order valence-electron chi connectivity index (χ1n) is 8.02. The van der Waals surface area contributed by atoms with Crippen LogP contribution in [0.25, 0.3) is 0 Å². The third-order valence-corrected chi connectivity index (χ3v) is 3.45. The molecule has 126 valence electrons.